The van der Waals surface area contributed by atoms with Crippen molar-refractivity contribution in [2.45, 2.75) is 33.6 Å². The minimum atomic E-state index is 0. The number of carbonyl (C=O) groups excluding carboxylic acids is 1. The molecule has 0 saturated heterocycles. The second-order valence-electron chi connectivity index (χ2n) is 4.86. The van der Waals surface area contributed by atoms with Crippen molar-refractivity contribution >= 4 is 5.78 Å². The molecule has 12 heavy (non-hydrogen) atoms. The Hall–Kier alpha value is -0.370. The summed E-state index contributed by atoms with van der Waals surface area (Å²) in [6.45, 7) is 6.72. The third kappa shape index (κ3) is 0.939. The first-order valence-corrected chi connectivity index (χ1v) is 4.56. The number of fused-ring (bicyclic) bond motifs is 2. The highest BCUT2D eigenvalue weighted by Crippen LogP contribution is 2.59. The predicted molar refractivity (Wildman–Crippen MR) is 47.8 cm³/mol. The first-order chi connectivity index (χ1) is 5.03. The Morgan fingerprint density at radius 3 is 2.33 bits per heavy atom. The molecule has 0 aromatic carbocycles. The Morgan fingerprint density at radius 1 is 1.42 bits per heavy atom. The molecule has 0 spiro atoms. The number of Topliss-reactive ketones (excluding diaryl/α,β-unsaturated/α-hetero) is 1. The van der Waals surface area contributed by atoms with Crippen LogP contribution in [0.2, 0.25) is 0 Å². The molecule has 0 aromatic rings. The van der Waals surface area contributed by atoms with Gasteiger partial charge in [-0.3, -0.25) is 4.79 Å². The number of carbonyl (C=O) groups is 1. The minimum absolute atomic E-state index is 0. The van der Waals surface area contributed by atoms with Gasteiger partial charge >= 0.3 is 0 Å². The van der Waals surface area contributed by atoms with Crippen molar-refractivity contribution in [1.82, 2.24) is 0 Å². The van der Waals surface area contributed by atoms with Gasteiger partial charge in [0.1, 0.15) is 5.78 Å². The molecule has 0 heterocycles. The van der Waals surface area contributed by atoms with Gasteiger partial charge in [0.15, 0.2) is 0 Å². The zero-order chi connectivity index (χ0) is 8.22. The van der Waals surface area contributed by atoms with E-state index in [0.29, 0.717) is 23.0 Å². The van der Waals surface area contributed by atoms with Gasteiger partial charge < -0.3 is 5.48 Å². The highest BCUT2D eigenvalue weighted by Gasteiger charge is 2.56. The molecule has 70 valence electrons. The van der Waals surface area contributed by atoms with Crippen LogP contribution in [0.15, 0.2) is 0 Å². The second kappa shape index (κ2) is 2.56. The highest BCUT2D eigenvalue weighted by molar-refractivity contribution is 5.84. The van der Waals surface area contributed by atoms with Gasteiger partial charge in [-0.15, -0.1) is 0 Å². The van der Waals surface area contributed by atoms with Crippen molar-refractivity contribution < 1.29 is 10.3 Å². The molecule has 3 aliphatic carbocycles. The summed E-state index contributed by atoms with van der Waals surface area (Å²) in [5.41, 5.74) is 0.328. The van der Waals surface area contributed by atoms with E-state index in [2.05, 4.69) is 20.8 Å². The molecule has 3 fully saturated rings. The Balaban J connectivity index is 0.000000720. The van der Waals surface area contributed by atoms with E-state index in [0.717, 1.165) is 12.3 Å². The first kappa shape index (κ1) is 9.72. The summed E-state index contributed by atoms with van der Waals surface area (Å²) < 4.78 is 0. The largest absolute Gasteiger partial charge is 0.412 e. The summed E-state index contributed by atoms with van der Waals surface area (Å²) in [7, 11) is 0. The Morgan fingerprint density at radius 2 is 2.00 bits per heavy atom. The maximum Gasteiger partial charge on any atom is 0.136 e. The van der Waals surface area contributed by atoms with Crippen molar-refractivity contribution in [2.75, 3.05) is 0 Å². The molecular weight excluding hydrogens is 152 g/mol. The lowest BCUT2D eigenvalue weighted by Gasteiger charge is -2.58. The average Bonchev–Trinajstić information content (AvgIpc) is 1.84. The normalized spacial score (nSPS) is 42.9. The van der Waals surface area contributed by atoms with Gasteiger partial charge in [-0.05, 0) is 23.7 Å². The van der Waals surface area contributed by atoms with E-state index in [4.69, 9.17) is 0 Å². The van der Waals surface area contributed by atoms with E-state index in [9.17, 15) is 4.79 Å². The number of rotatable bonds is 0. The Bertz CT molecular complexity index is 208. The van der Waals surface area contributed by atoms with Crippen LogP contribution >= 0.6 is 0 Å². The van der Waals surface area contributed by atoms with Crippen LogP contribution in [0.5, 0.6) is 0 Å². The standard InChI is InChI=1S/C10H16O.H2O/c1-6-4-9(11)8-5-7(6)10(8,2)3;/h6-8H,4-5H2,1-3H3;1H2. The van der Waals surface area contributed by atoms with Crippen LogP contribution in [0.3, 0.4) is 0 Å². The number of ketones is 1. The zero-order valence-corrected chi connectivity index (χ0v) is 8.05. The van der Waals surface area contributed by atoms with E-state index in [-0.39, 0.29) is 5.48 Å². The Labute approximate surface area is 73.7 Å². The van der Waals surface area contributed by atoms with Crippen molar-refractivity contribution in [2.24, 2.45) is 23.2 Å². The van der Waals surface area contributed by atoms with Crippen LogP contribution in [0, 0.1) is 23.2 Å². The van der Waals surface area contributed by atoms with E-state index in [1.54, 1.807) is 0 Å². The maximum absolute atomic E-state index is 11.5. The van der Waals surface area contributed by atoms with Crippen LogP contribution in [-0.4, -0.2) is 11.3 Å². The van der Waals surface area contributed by atoms with Crippen molar-refractivity contribution in [3.63, 3.8) is 0 Å². The fourth-order valence-electron chi connectivity index (χ4n) is 3.07. The maximum atomic E-state index is 11.5. The summed E-state index contributed by atoms with van der Waals surface area (Å²) in [5.74, 6) is 2.39. The summed E-state index contributed by atoms with van der Waals surface area (Å²) in [6.07, 6.45) is 2.02. The second-order valence-corrected chi connectivity index (χ2v) is 4.86. The van der Waals surface area contributed by atoms with Crippen molar-refractivity contribution in [3.05, 3.63) is 0 Å². The summed E-state index contributed by atoms with van der Waals surface area (Å²) in [4.78, 5) is 11.5. The lowest BCUT2D eigenvalue weighted by Crippen LogP contribution is -2.56. The third-order valence-corrected chi connectivity index (χ3v) is 3.94. The molecule has 3 rings (SSSR count). The molecule has 0 aliphatic heterocycles. The molecule has 3 atom stereocenters. The molecule has 2 nitrogen and oxygen atoms in total. The van der Waals surface area contributed by atoms with E-state index < -0.39 is 0 Å². The van der Waals surface area contributed by atoms with Crippen LogP contribution in [0.25, 0.3) is 0 Å². The SMILES string of the molecule is CC1CC(=O)C2CC1C2(C)C.O. The summed E-state index contributed by atoms with van der Waals surface area (Å²) >= 11 is 0. The van der Waals surface area contributed by atoms with Crippen LogP contribution in [0.4, 0.5) is 0 Å². The predicted octanol–water partition coefficient (Wildman–Crippen LogP) is 1.43. The molecule has 2 N–H and O–H groups in total. The molecule has 0 amide bonds. The minimum Gasteiger partial charge on any atom is -0.412 e. The molecule has 0 aromatic heterocycles. The monoisotopic (exact) mass is 170 g/mol. The van der Waals surface area contributed by atoms with Gasteiger partial charge in [0, 0.05) is 12.3 Å². The fraction of sp³-hybridized carbons (Fsp3) is 0.900. The average molecular weight is 170 g/mol. The molecule has 3 saturated carbocycles. The van der Waals surface area contributed by atoms with E-state index >= 15 is 0 Å². The summed E-state index contributed by atoms with van der Waals surface area (Å²) in [5, 5.41) is 0. The zero-order valence-electron chi connectivity index (χ0n) is 8.05. The molecule has 2 bridgehead atoms. The summed E-state index contributed by atoms with van der Waals surface area (Å²) in [6, 6.07) is 0. The van der Waals surface area contributed by atoms with E-state index in [1.165, 1.54) is 6.42 Å². The smallest absolute Gasteiger partial charge is 0.136 e. The van der Waals surface area contributed by atoms with Crippen molar-refractivity contribution in [3.8, 4) is 0 Å². The highest BCUT2D eigenvalue weighted by atomic mass is 16.1. The van der Waals surface area contributed by atoms with Gasteiger partial charge in [-0.2, -0.15) is 0 Å². The lowest BCUT2D eigenvalue weighted by molar-refractivity contribution is -0.156. The van der Waals surface area contributed by atoms with Gasteiger partial charge in [-0.1, -0.05) is 20.8 Å². The topological polar surface area (TPSA) is 48.6 Å². The molecule has 2 heteroatoms. The molecular formula is C10H18O2. The van der Waals surface area contributed by atoms with Crippen molar-refractivity contribution in [1.29, 1.82) is 0 Å². The van der Waals surface area contributed by atoms with Crippen LogP contribution in [-0.2, 0) is 4.79 Å². The van der Waals surface area contributed by atoms with Crippen LogP contribution < -0.4 is 0 Å². The lowest BCUT2D eigenvalue weighted by atomic mass is 9.45. The quantitative estimate of drug-likeness (QED) is 0.542. The molecule has 3 unspecified atom stereocenters. The first-order valence-electron chi connectivity index (χ1n) is 4.56. The van der Waals surface area contributed by atoms with E-state index in [1.807, 2.05) is 0 Å². The number of hydrogen-bond acceptors (Lipinski definition) is 1. The molecule has 3 aliphatic rings. The number of hydrogen-bond donors (Lipinski definition) is 0. The van der Waals surface area contributed by atoms with Gasteiger partial charge in [-0.25, -0.2) is 0 Å². The van der Waals surface area contributed by atoms with Gasteiger partial charge in [0.25, 0.3) is 0 Å². The van der Waals surface area contributed by atoms with Gasteiger partial charge in [0.2, 0.25) is 0 Å². The third-order valence-electron chi connectivity index (χ3n) is 3.94. The molecule has 0 radical (unpaired) electrons. The van der Waals surface area contributed by atoms with Gasteiger partial charge in [0.05, 0.1) is 0 Å². The fourth-order valence-corrected chi connectivity index (χ4v) is 3.07. The van der Waals surface area contributed by atoms with Crippen LogP contribution in [0.1, 0.15) is 33.6 Å². The Kier molecular flexibility index (Phi) is 2.07.